The van der Waals surface area contributed by atoms with E-state index in [-0.39, 0.29) is 9.77 Å². The highest BCUT2D eigenvalue weighted by Crippen LogP contribution is 2.28. The van der Waals surface area contributed by atoms with Gasteiger partial charge >= 0.3 is 5.97 Å². The Balaban J connectivity index is 2.36. The highest BCUT2D eigenvalue weighted by atomic mass is 32.2. The molecule has 6 nitrogen and oxygen atoms in total. The van der Waals surface area contributed by atoms with Crippen LogP contribution >= 0.6 is 11.3 Å². The summed E-state index contributed by atoms with van der Waals surface area (Å²) in [6.07, 6.45) is 1.47. The van der Waals surface area contributed by atoms with Crippen molar-refractivity contribution in [2.75, 3.05) is 7.11 Å². The van der Waals surface area contributed by atoms with E-state index in [9.17, 15) is 13.2 Å². The van der Waals surface area contributed by atoms with Gasteiger partial charge in [0.1, 0.15) is 15.5 Å². The first kappa shape index (κ1) is 15.7. The van der Waals surface area contributed by atoms with Crippen LogP contribution in [0.4, 0.5) is 0 Å². The zero-order chi connectivity index (χ0) is 15.6. The number of hydrogen-bond donors (Lipinski definition) is 1. The minimum atomic E-state index is -3.86. The number of ether oxygens (including phenoxy) is 1. The predicted molar refractivity (Wildman–Crippen MR) is 77.8 cm³/mol. The molecule has 2 heterocycles. The third kappa shape index (κ3) is 3.17. The fourth-order valence-corrected chi connectivity index (χ4v) is 4.81. The molecule has 8 heteroatoms. The van der Waals surface area contributed by atoms with E-state index in [0.29, 0.717) is 11.3 Å². The lowest BCUT2D eigenvalue weighted by atomic mass is 10.3. The van der Waals surface area contributed by atoms with Gasteiger partial charge in [0.05, 0.1) is 19.4 Å². The van der Waals surface area contributed by atoms with Crippen LogP contribution in [-0.2, 0) is 14.8 Å². The van der Waals surface area contributed by atoms with Gasteiger partial charge in [-0.2, -0.15) is 0 Å². The fraction of sp³-hybridized carbons (Fsp3) is 0.308. The average molecular weight is 329 g/mol. The standard InChI is InChI=1S/C13H15NO5S2/c1-8-7-20-11(13(15)18-3)12(8)21(16,17)14-9(2)10-5-4-6-19-10/h4-7,9,14H,1-3H3. The van der Waals surface area contributed by atoms with Crippen molar-refractivity contribution in [1.29, 1.82) is 0 Å². The summed E-state index contributed by atoms with van der Waals surface area (Å²) in [6, 6.07) is 2.81. The number of carbonyl (C=O) groups is 1. The van der Waals surface area contributed by atoms with E-state index in [1.807, 2.05) is 0 Å². The van der Waals surface area contributed by atoms with E-state index in [4.69, 9.17) is 4.42 Å². The van der Waals surface area contributed by atoms with Crippen LogP contribution in [0.3, 0.4) is 0 Å². The second kappa shape index (κ2) is 6.00. The SMILES string of the molecule is COC(=O)c1scc(C)c1S(=O)(=O)NC(C)c1ccco1. The average Bonchev–Trinajstić information content (AvgIpc) is 3.06. The van der Waals surface area contributed by atoms with E-state index in [0.717, 1.165) is 11.3 Å². The van der Waals surface area contributed by atoms with Crippen LogP contribution in [0, 0.1) is 6.92 Å². The number of methoxy groups -OCH3 is 1. The number of hydrogen-bond acceptors (Lipinski definition) is 6. The molecule has 0 aliphatic rings. The topological polar surface area (TPSA) is 85.6 Å². The number of thiophene rings is 1. The number of nitrogens with one attached hydrogen (secondary N) is 1. The Morgan fingerprint density at radius 3 is 2.76 bits per heavy atom. The minimum Gasteiger partial charge on any atom is -0.468 e. The van der Waals surface area contributed by atoms with E-state index in [2.05, 4.69) is 9.46 Å². The van der Waals surface area contributed by atoms with Crippen LogP contribution in [0.2, 0.25) is 0 Å². The van der Waals surface area contributed by atoms with Gasteiger partial charge in [0.25, 0.3) is 0 Å². The highest BCUT2D eigenvalue weighted by Gasteiger charge is 2.29. The summed E-state index contributed by atoms with van der Waals surface area (Å²) in [5.41, 5.74) is 0.500. The van der Waals surface area contributed by atoms with Crippen molar-refractivity contribution < 1.29 is 22.4 Å². The van der Waals surface area contributed by atoms with Crippen LogP contribution in [0.1, 0.15) is 34.0 Å². The lowest BCUT2D eigenvalue weighted by Gasteiger charge is -2.13. The molecule has 1 unspecified atom stereocenters. The third-order valence-electron chi connectivity index (χ3n) is 2.86. The Bertz CT molecular complexity index is 731. The number of sulfonamides is 1. The van der Waals surface area contributed by atoms with E-state index in [1.165, 1.54) is 13.4 Å². The fourth-order valence-electron chi connectivity index (χ4n) is 1.89. The molecule has 0 saturated carbocycles. The van der Waals surface area contributed by atoms with Gasteiger partial charge in [0.15, 0.2) is 0 Å². The summed E-state index contributed by atoms with van der Waals surface area (Å²) >= 11 is 1.04. The summed E-state index contributed by atoms with van der Waals surface area (Å²) in [7, 11) is -2.64. The molecule has 1 N–H and O–H groups in total. The van der Waals surface area contributed by atoms with Gasteiger partial charge in [-0.15, -0.1) is 11.3 Å². The van der Waals surface area contributed by atoms with E-state index in [1.54, 1.807) is 31.4 Å². The largest absolute Gasteiger partial charge is 0.468 e. The summed E-state index contributed by atoms with van der Waals surface area (Å²) in [5, 5.41) is 1.61. The maximum atomic E-state index is 12.5. The second-order valence-corrected chi connectivity index (χ2v) is 6.96. The molecule has 1 atom stereocenters. The number of furan rings is 1. The molecular formula is C13H15NO5S2. The van der Waals surface area contributed by atoms with Crippen LogP contribution < -0.4 is 4.72 Å². The zero-order valence-corrected chi connectivity index (χ0v) is 13.4. The van der Waals surface area contributed by atoms with Crippen molar-refractivity contribution in [3.63, 3.8) is 0 Å². The maximum Gasteiger partial charge on any atom is 0.349 e. The first-order chi connectivity index (χ1) is 9.86. The van der Waals surface area contributed by atoms with Crippen molar-refractivity contribution in [2.45, 2.75) is 24.8 Å². The van der Waals surface area contributed by atoms with Crippen molar-refractivity contribution >= 4 is 27.3 Å². The Morgan fingerprint density at radius 1 is 1.48 bits per heavy atom. The number of esters is 1. The van der Waals surface area contributed by atoms with Crippen LogP contribution in [-0.4, -0.2) is 21.5 Å². The molecule has 21 heavy (non-hydrogen) atoms. The van der Waals surface area contributed by atoms with Gasteiger partial charge in [-0.25, -0.2) is 17.9 Å². The smallest absolute Gasteiger partial charge is 0.349 e. The summed E-state index contributed by atoms with van der Waals surface area (Å²) < 4.78 is 37.3. The van der Waals surface area contributed by atoms with Gasteiger partial charge in [-0.3, -0.25) is 0 Å². The molecule has 0 amide bonds. The van der Waals surface area contributed by atoms with Crippen molar-refractivity contribution in [2.24, 2.45) is 0 Å². The second-order valence-electron chi connectivity index (χ2n) is 4.43. The first-order valence-electron chi connectivity index (χ1n) is 6.09. The van der Waals surface area contributed by atoms with Crippen molar-refractivity contribution in [1.82, 2.24) is 4.72 Å². The summed E-state index contributed by atoms with van der Waals surface area (Å²) in [6.45, 7) is 3.30. The Hall–Kier alpha value is -1.64. The van der Waals surface area contributed by atoms with Gasteiger partial charge < -0.3 is 9.15 Å². The maximum absolute atomic E-state index is 12.5. The number of carbonyl (C=O) groups excluding carboxylic acids is 1. The van der Waals surface area contributed by atoms with Crippen LogP contribution in [0.25, 0.3) is 0 Å². The van der Waals surface area contributed by atoms with Gasteiger partial charge in [0.2, 0.25) is 10.0 Å². The molecule has 0 saturated heterocycles. The molecule has 114 valence electrons. The van der Waals surface area contributed by atoms with Gasteiger partial charge in [-0.1, -0.05) is 0 Å². The molecule has 2 aromatic rings. The highest BCUT2D eigenvalue weighted by molar-refractivity contribution is 7.89. The van der Waals surface area contributed by atoms with E-state index < -0.39 is 22.0 Å². The molecular weight excluding hydrogens is 314 g/mol. The normalized spacial score (nSPS) is 13.1. The molecule has 0 aliphatic heterocycles. The number of aryl methyl sites for hydroxylation is 1. The summed E-state index contributed by atoms with van der Waals surface area (Å²) in [4.78, 5) is 11.7. The lowest BCUT2D eigenvalue weighted by molar-refractivity contribution is 0.0602. The monoisotopic (exact) mass is 329 g/mol. The third-order valence-corrected chi connectivity index (χ3v) is 5.79. The Labute approximate surface area is 126 Å². The quantitative estimate of drug-likeness (QED) is 0.852. The molecule has 0 radical (unpaired) electrons. The number of rotatable bonds is 5. The Morgan fingerprint density at radius 2 is 2.19 bits per heavy atom. The molecule has 0 fully saturated rings. The summed E-state index contributed by atoms with van der Waals surface area (Å²) in [5.74, 6) is -0.176. The van der Waals surface area contributed by atoms with Crippen molar-refractivity contribution in [3.05, 3.63) is 40.0 Å². The molecule has 2 aromatic heterocycles. The zero-order valence-electron chi connectivity index (χ0n) is 11.7. The van der Waals surface area contributed by atoms with Crippen molar-refractivity contribution in [3.8, 4) is 0 Å². The molecule has 0 spiro atoms. The minimum absolute atomic E-state index is 0.0437. The molecule has 0 aliphatic carbocycles. The first-order valence-corrected chi connectivity index (χ1v) is 8.45. The lowest BCUT2D eigenvalue weighted by Crippen LogP contribution is -2.28. The van der Waals surface area contributed by atoms with Crippen LogP contribution in [0.15, 0.2) is 33.1 Å². The molecule has 2 rings (SSSR count). The van der Waals surface area contributed by atoms with E-state index >= 15 is 0 Å². The molecule has 0 aromatic carbocycles. The van der Waals surface area contributed by atoms with Gasteiger partial charge in [0, 0.05) is 0 Å². The van der Waals surface area contributed by atoms with Gasteiger partial charge in [-0.05, 0) is 36.9 Å². The van der Waals surface area contributed by atoms with Crippen LogP contribution in [0.5, 0.6) is 0 Å². The predicted octanol–water partition coefficient (Wildman–Crippen LogP) is 2.48. The molecule has 0 bridgehead atoms. The Kier molecular flexibility index (Phi) is 4.50.